The van der Waals surface area contributed by atoms with E-state index in [0.717, 1.165) is 57.8 Å². The fourth-order valence-corrected chi connectivity index (χ4v) is 8.83. The number of nitrogens with one attached hydrogen (secondary N) is 1. The number of amides is 1. The molecule has 0 saturated carbocycles. The van der Waals surface area contributed by atoms with Gasteiger partial charge in [-0.1, -0.05) is 191 Å². The monoisotopic (exact) mass is 982 g/mol. The van der Waals surface area contributed by atoms with E-state index in [1.807, 2.05) is 6.08 Å². The molecule has 12 atom stereocenters. The van der Waals surface area contributed by atoms with Crippen molar-refractivity contribution >= 4 is 5.91 Å². The number of aliphatic hydroxyl groups is 8. The number of hydrogen-bond acceptors (Lipinski definition) is 13. The van der Waals surface area contributed by atoms with Crippen LogP contribution < -0.4 is 5.32 Å². The molecule has 14 nitrogen and oxygen atoms in total. The van der Waals surface area contributed by atoms with Crippen LogP contribution in [0.5, 0.6) is 0 Å². The Hall–Kier alpha value is -2.05. The van der Waals surface area contributed by atoms with Crippen LogP contribution >= 0.6 is 0 Å². The van der Waals surface area contributed by atoms with Crippen molar-refractivity contribution in [2.75, 3.05) is 19.8 Å². The quantitative estimate of drug-likeness (QED) is 0.0209. The summed E-state index contributed by atoms with van der Waals surface area (Å²) in [6.45, 7) is 2.65. The molecule has 0 bridgehead atoms. The second kappa shape index (κ2) is 41.4. The van der Waals surface area contributed by atoms with Crippen LogP contribution in [0.2, 0.25) is 0 Å². The van der Waals surface area contributed by atoms with Gasteiger partial charge in [0.2, 0.25) is 5.91 Å². The van der Waals surface area contributed by atoms with Crippen LogP contribution in [0.25, 0.3) is 0 Å². The first-order chi connectivity index (χ1) is 33.6. The van der Waals surface area contributed by atoms with Gasteiger partial charge in [0, 0.05) is 6.42 Å². The lowest BCUT2D eigenvalue weighted by Crippen LogP contribution is -2.65. The molecule has 0 aromatic rings. The number of rotatable bonds is 42. The van der Waals surface area contributed by atoms with Gasteiger partial charge >= 0.3 is 0 Å². The van der Waals surface area contributed by atoms with E-state index in [1.54, 1.807) is 6.08 Å². The highest BCUT2D eigenvalue weighted by Gasteiger charge is 2.51. The number of hydrogen-bond donors (Lipinski definition) is 9. The molecular formula is C55H99NO13. The SMILES string of the molecule is CC/C=C\C/C=C\C/C=C\CCCCCC(=O)NC(COC1OC(CO)C(OC2OC(CO)C(O)C(O)C2O)C(O)C1O)C(O)/C=C/CCCCCCCCCCCCCCCCCCCCCC. The van der Waals surface area contributed by atoms with E-state index in [4.69, 9.17) is 18.9 Å². The molecule has 0 radical (unpaired) electrons. The molecule has 2 fully saturated rings. The topological polar surface area (TPSA) is 228 Å². The van der Waals surface area contributed by atoms with Gasteiger partial charge in [0.1, 0.15) is 48.8 Å². The Morgan fingerprint density at radius 3 is 1.54 bits per heavy atom. The Bertz CT molecular complexity index is 1340. The van der Waals surface area contributed by atoms with Crippen LogP contribution in [0.15, 0.2) is 48.6 Å². The van der Waals surface area contributed by atoms with Gasteiger partial charge in [-0.15, -0.1) is 0 Å². The van der Waals surface area contributed by atoms with E-state index in [-0.39, 0.29) is 18.9 Å². The first-order valence-corrected chi connectivity index (χ1v) is 27.4. The van der Waals surface area contributed by atoms with Crippen molar-refractivity contribution in [1.82, 2.24) is 5.32 Å². The fourth-order valence-electron chi connectivity index (χ4n) is 8.83. The van der Waals surface area contributed by atoms with Crippen molar-refractivity contribution in [3.05, 3.63) is 48.6 Å². The Morgan fingerprint density at radius 2 is 1.00 bits per heavy atom. The molecule has 1 amide bonds. The van der Waals surface area contributed by atoms with E-state index in [2.05, 4.69) is 55.6 Å². The maximum Gasteiger partial charge on any atom is 0.220 e. The molecule has 69 heavy (non-hydrogen) atoms. The smallest absolute Gasteiger partial charge is 0.220 e. The van der Waals surface area contributed by atoms with Crippen LogP contribution in [-0.4, -0.2) is 140 Å². The Balaban J connectivity index is 1.80. The van der Waals surface area contributed by atoms with E-state index >= 15 is 0 Å². The minimum Gasteiger partial charge on any atom is -0.394 e. The number of ether oxygens (including phenoxy) is 4. The van der Waals surface area contributed by atoms with Gasteiger partial charge in [-0.25, -0.2) is 0 Å². The highest BCUT2D eigenvalue weighted by Crippen LogP contribution is 2.30. The summed E-state index contributed by atoms with van der Waals surface area (Å²) in [6.07, 6.45) is 33.0. The molecule has 2 saturated heterocycles. The van der Waals surface area contributed by atoms with Crippen LogP contribution in [0.1, 0.15) is 200 Å². The molecule has 2 aliphatic rings. The van der Waals surface area contributed by atoms with Crippen molar-refractivity contribution in [3.8, 4) is 0 Å². The van der Waals surface area contributed by atoms with Gasteiger partial charge < -0.3 is 65.1 Å². The van der Waals surface area contributed by atoms with Gasteiger partial charge in [-0.2, -0.15) is 0 Å². The van der Waals surface area contributed by atoms with Crippen LogP contribution in [0.4, 0.5) is 0 Å². The number of unbranched alkanes of at least 4 members (excludes halogenated alkanes) is 23. The molecule has 0 aromatic heterocycles. The Morgan fingerprint density at radius 1 is 0.536 bits per heavy atom. The van der Waals surface area contributed by atoms with E-state index < -0.39 is 86.8 Å². The molecule has 2 rings (SSSR count). The highest BCUT2D eigenvalue weighted by molar-refractivity contribution is 5.76. The summed E-state index contributed by atoms with van der Waals surface area (Å²) in [4.78, 5) is 13.2. The van der Waals surface area contributed by atoms with Gasteiger partial charge in [-0.05, 0) is 51.4 Å². The minimum absolute atomic E-state index is 0.245. The molecule has 9 N–H and O–H groups in total. The van der Waals surface area contributed by atoms with Crippen LogP contribution in [0, 0.1) is 0 Å². The van der Waals surface area contributed by atoms with Gasteiger partial charge in [0.15, 0.2) is 12.6 Å². The highest BCUT2D eigenvalue weighted by atomic mass is 16.7. The zero-order chi connectivity index (χ0) is 50.3. The average molecular weight is 982 g/mol. The normalized spacial score (nSPS) is 26.5. The molecule has 402 valence electrons. The third-order valence-electron chi connectivity index (χ3n) is 13.3. The first kappa shape index (κ1) is 63.1. The molecule has 2 heterocycles. The second-order valence-corrected chi connectivity index (χ2v) is 19.3. The minimum atomic E-state index is -1.79. The summed E-state index contributed by atoms with van der Waals surface area (Å²) in [7, 11) is 0. The fraction of sp³-hybridized carbons (Fsp3) is 0.836. The maximum atomic E-state index is 13.2. The Kier molecular flexibility index (Phi) is 37.9. The van der Waals surface area contributed by atoms with Crippen molar-refractivity contribution < 1.29 is 64.6 Å². The molecular weight excluding hydrogens is 883 g/mol. The summed E-state index contributed by atoms with van der Waals surface area (Å²) in [5.74, 6) is -0.269. The number of carbonyl (C=O) groups is 1. The molecule has 12 unspecified atom stereocenters. The van der Waals surface area contributed by atoms with Crippen LogP contribution in [0.3, 0.4) is 0 Å². The molecule has 2 aliphatic heterocycles. The summed E-state index contributed by atoms with van der Waals surface area (Å²) in [5.41, 5.74) is 0. The first-order valence-electron chi connectivity index (χ1n) is 27.4. The number of aliphatic hydroxyl groups excluding tert-OH is 8. The molecule has 0 aromatic carbocycles. The van der Waals surface area contributed by atoms with Crippen molar-refractivity contribution in [1.29, 1.82) is 0 Å². The third kappa shape index (κ3) is 28.1. The zero-order valence-corrected chi connectivity index (χ0v) is 42.8. The molecule has 0 spiro atoms. The van der Waals surface area contributed by atoms with E-state index in [9.17, 15) is 45.6 Å². The van der Waals surface area contributed by atoms with Crippen molar-refractivity contribution in [2.45, 2.75) is 274 Å². The number of carbonyl (C=O) groups excluding carboxylic acids is 1. The summed E-state index contributed by atoms with van der Waals surface area (Å²) in [5, 5.41) is 86.8. The summed E-state index contributed by atoms with van der Waals surface area (Å²) >= 11 is 0. The Labute approximate surface area is 416 Å². The zero-order valence-electron chi connectivity index (χ0n) is 42.8. The van der Waals surface area contributed by atoms with Gasteiger partial charge in [0.25, 0.3) is 0 Å². The van der Waals surface area contributed by atoms with Gasteiger partial charge in [0.05, 0.1) is 32.0 Å². The predicted molar refractivity (Wildman–Crippen MR) is 272 cm³/mol. The van der Waals surface area contributed by atoms with Crippen molar-refractivity contribution in [3.63, 3.8) is 0 Å². The standard InChI is InChI=1S/C55H99NO13/c1-3-5-7-9-11-13-15-17-18-19-20-21-22-23-24-25-27-28-30-32-34-36-38-44(59)43(56-47(60)39-37-35-33-31-29-26-16-14-12-10-8-6-4-2)42-66-54-52(65)50(63)53(46(41-58)68-54)69-55-51(64)49(62)48(61)45(40-57)67-55/h6,8,12,14,26,29,36,38,43-46,48-55,57-59,61-65H,3-5,7,9-11,13,15-25,27-28,30-35,37,39-42H2,1-2H3,(H,56,60)/b8-6-,14-12-,29-26-,38-36+. The predicted octanol–water partition coefficient (Wildman–Crippen LogP) is 8.05. The lowest BCUT2D eigenvalue weighted by Gasteiger charge is -2.46. The lowest BCUT2D eigenvalue weighted by molar-refractivity contribution is -0.359. The molecule has 14 heteroatoms. The number of allylic oxidation sites excluding steroid dienone is 7. The van der Waals surface area contributed by atoms with E-state index in [1.165, 1.54) is 116 Å². The summed E-state index contributed by atoms with van der Waals surface area (Å²) in [6, 6.07) is -0.930. The summed E-state index contributed by atoms with van der Waals surface area (Å²) < 4.78 is 22.7. The maximum absolute atomic E-state index is 13.2. The van der Waals surface area contributed by atoms with Crippen LogP contribution in [-0.2, 0) is 23.7 Å². The van der Waals surface area contributed by atoms with Crippen molar-refractivity contribution in [2.24, 2.45) is 0 Å². The molecule has 0 aliphatic carbocycles. The second-order valence-electron chi connectivity index (χ2n) is 19.3. The van der Waals surface area contributed by atoms with E-state index in [0.29, 0.717) is 6.42 Å². The third-order valence-corrected chi connectivity index (χ3v) is 13.3. The largest absolute Gasteiger partial charge is 0.394 e. The average Bonchev–Trinajstić information content (AvgIpc) is 3.35. The lowest BCUT2D eigenvalue weighted by atomic mass is 9.97. The van der Waals surface area contributed by atoms with Gasteiger partial charge in [-0.3, -0.25) is 4.79 Å².